The van der Waals surface area contributed by atoms with E-state index in [4.69, 9.17) is 4.74 Å². The first-order valence-electron chi connectivity index (χ1n) is 6.88. The van der Waals surface area contributed by atoms with E-state index in [1.807, 2.05) is 11.7 Å². The van der Waals surface area contributed by atoms with Crippen molar-refractivity contribution in [3.8, 4) is 0 Å². The van der Waals surface area contributed by atoms with Crippen molar-refractivity contribution in [2.75, 3.05) is 20.3 Å². The normalized spacial score (nSPS) is 14.7. The van der Waals surface area contributed by atoms with Gasteiger partial charge in [0.15, 0.2) is 0 Å². The summed E-state index contributed by atoms with van der Waals surface area (Å²) in [5.41, 5.74) is 2.54. The van der Waals surface area contributed by atoms with Gasteiger partial charge in [0.05, 0.1) is 5.69 Å². The van der Waals surface area contributed by atoms with Gasteiger partial charge in [0.1, 0.15) is 0 Å². The lowest BCUT2D eigenvalue weighted by Crippen LogP contribution is -2.28. The van der Waals surface area contributed by atoms with Crippen LogP contribution in [0.4, 0.5) is 0 Å². The van der Waals surface area contributed by atoms with E-state index in [1.54, 1.807) is 7.11 Å². The molecule has 2 atom stereocenters. The van der Waals surface area contributed by atoms with E-state index in [0.717, 1.165) is 26.0 Å². The van der Waals surface area contributed by atoms with Crippen LogP contribution in [0.1, 0.15) is 44.5 Å². The monoisotopic (exact) mass is 253 g/mol. The molecule has 1 aromatic rings. The molecule has 2 unspecified atom stereocenters. The van der Waals surface area contributed by atoms with Gasteiger partial charge in [-0.25, -0.2) is 0 Å². The van der Waals surface area contributed by atoms with Crippen LogP contribution in [0.25, 0.3) is 0 Å². The lowest BCUT2D eigenvalue weighted by Gasteiger charge is -2.24. The van der Waals surface area contributed by atoms with Crippen LogP contribution in [0.15, 0.2) is 6.20 Å². The standard InChI is InChI=1S/C14H27N3O/c1-6-13-12(10-17(4)16-13)14(15-7-2)11(3)8-9-18-5/h10-11,14-15H,6-9H2,1-5H3. The summed E-state index contributed by atoms with van der Waals surface area (Å²) in [5, 5.41) is 8.13. The molecule has 0 aliphatic heterocycles. The third-order valence-electron chi connectivity index (χ3n) is 3.38. The minimum Gasteiger partial charge on any atom is -0.385 e. The zero-order valence-electron chi connectivity index (χ0n) is 12.4. The summed E-state index contributed by atoms with van der Waals surface area (Å²) >= 11 is 0. The average Bonchev–Trinajstić information content (AvgIpc) is 2.73. The summed E-state index contributed by atoms with van der Waals surface area (Å²) in [6, 6.07) is 0.369. The fraction of sp³-hybridized carbons (Fsp3) is 0.786. The second-order valence-corrected chi connectivity index (χ2v) is 4.85. The van der Waals surface area contributed by atoms with Gasteiger partial charge in [0.25, 0.3) is 0 Å². The zero-order chi connectivity index (χ0) is 13.5. The molecule has 0 bridgehead atoms. The van der Waals surface area contributed by atoms with E-state index in [1.165, 1.54) is 11.3 Å². The molecule has 1 N–H and O–H groups in total. The highest BCUT2D eigenvalue weighted by atomic mass is 16.5. The number of rotatable bonds is 8. The fourth-order valence-corrected chi connectivity index (χ4v) is 2.40. The number of nitrogens with zero attached hydrogens (tertiary/aromatic N) is 2. The molecule has 4 heteroatoms. The van der Waals surface area contributed by atoms with Gasteiger partial charge in [-0.15, -0.1) is 0 Å². The van der Waals surface area contributed by atoms with Crippen LogP contribution in [-0.4, -0.2) is 30.0 Å². The van der Waals surface area contributed by atoms with Gasteiger partial charge in [-0.2, -0.15) is 5.10 Å². The van der Waals surface area contributed by atoms with Gasteiger partial charge in [0, 0.05) is 38.6 Å². The van der Waals surface area contributed by atoms with Crippen molar-refractivity contribution in [3.05, 3.63) is 17.5 Å². The molecule has 0 aliphatic rings. The van der Waals surface area contributed by atoms with Crippen LogP contribution in [0.2, 0.25) is 0 Å². The lowest BCUT2D eigenvalue weighted by atomic mass is 9.92. The molecule has 1 heterocycles. The molecule has 104 valence electrons. The third kappa shape index (κ3) is 3.82. The first-order chi connectivity index (χ1) is 8.63. The van der Waals surface area contributed by atoms with Gasteiger partial charge >= 0.3 is 0 Å². The van der Waals surface area contributed by atoms with E-state index >= 15 is 0 Å². The molecular formula is C14H27N3O. The smallest absolute Gasteiger partial charge is 0.0669 e. The number of nitrogens with one attached hydrogen (secondary N) is 1. The highest BCUT2D eigenvalue weighted by molar-refractivity contribution is 5.22. The van der Waals surface area contributed by atoms with Crippen LogP contribution in [0, 0.1) is 5.92 Å². The van der Waals surface area contributed by atoms with E-state index in [-0.39, 0.29) is 0 Å². The molecule has 0 spiro atoms. The number of aromatic nitrogens is 2. The second kappa shape index (κ2) is 7.54. The van der Waals surface area contributed by atoms with E-state index in [9.17, 15) is 0 Å². The fourth-order valence-electron chi connectivity index (χ4n) is 2.40. The van der Waals surface area contributed by atoms with E-state index in [2.05, 4.69) is 37.4 Å². The summed E-state index contributed by atoms with van der Waals surface area (Å²) < 4.78 is 7.11. The Morgan fingerprint density at radius 3 is 2.72 bits per heavy atom. The van der Waals surface area contributed by atoms with Crippen molar-refractivity contribution < 1.29 is 4.74 Å². The molecular weight excluding hydrogens is 226 g/mol. The first-order valence-corrected chi connectivity index (χ1v) is 6.88. The van der Waals surface area contributed by atoms with Crippen molar-refractivity contribution >= 4 is 0 Å². The topological polar surface area (TPSA) is 39.1 Å². The van der Waals surface area contributed by atoms with E-state index in [0.29, 0.717) is 12.0 Å². The minimum absolute atomic E-state index is 0.369. The largest absolute Gasteiger partial charge is 0.385 e. The Morgan fingerprint density at radius 1 is 1.44 bits per heavy atom. The van der Waals surface area contributed by atoms with Gasteiger partial charge in [-0.05, 0) is 25.3 Å². The summed E-state index contributed by atoms with van der Waals surface area (Å²) in [7, 11) is 3.75. The van der Waals surface area contributed by atoms with Crippen molar-refractivity contribution in [2.24, 2.45) is 13.0 Å². The van der Waals surface area contributed by atoms with Crippen molar-refractivity contribution in [1.29, 1.82) is 0 Å². The second-order valence-electron chi connectivity index (χ2n) is 4.85. The van der Waals surface area contributed by atoms with E-state index < -0.39 is 0 Å². The Labute approximate surface area is 111 Å². The summed E-state index contributed by atoms with van der Waals surface area (Å²) in [5.74, 6) is 0.541. The third-order valence-corrected chi connectivity index (χ3v) is 3.38. The predicted octanol–water partition coefficient (Wildman–Crippen LogP) is 2.31. The molecule has 0 aliphatic carbocycles. The van der Waals surface area contributed by atoms with Crippen LogP contribution < -0.4 is 5.32 Å². The highest BCUT2D eigenvalue weighted by Crippen LogP contribution is 2.27. The molecule has 1 rings (SSSR count). The summed E-state index contributed by atoms with van der Waals surface area (Å²) in [4.78, 5) is 0. The highest BCUT2D eigenvalue weighted by Gasteiger charge is 2.22. The Balaban J connectivity index is 2.88. The predicted molar refractivity (Wildman–Crippen MR) is 74.7 cm³/mol. The molecule has 4 nitrogen and oxygen atoms in total. The Bertz CT molecular complexity index is 349. The van der Waals surface area contributed by atoms with Gasteiger partial charge in [0.2, 0.25) is 0 Å². The number of ether oxygens (including phenoxy) is 1. The average molecular weight is 253 g/mol. The zero-order valence-corrected chi connectivity index (χ0v) is 12.4. The van der Waals surface area contributed by atoms with Crippen molar-refractivity contribution in [2.45, 2.75) is 39.7 Å². The first kappa shape index (κ1) is 15.2. The summed E-state index contributed by atoms with van der Waals surface area (Å²) in [6.07, 6.45) is 4.19. The van der Waals surface area contributed by atoms with Crippen molar-refractivity contribution in [1.82, 2.24) is 15.1 Å². The van der Waals surface area contributed by atoms with Crippen molar-refractivity contribution in [3.63, 3.8) is 0 Å². The molecule has 0 radical (unpaired) electrons. The quantitative estimate of drug-likeness (QED) is 0.772. The molecule has 18 heavy (non-hydrogen) atoms. The maximum absolute atomic E-state index is 5.19. The van der Waals surface area contributed by atoms with Gasteiger partial charge in [-0.1, -0.05) is 20.8 Å². The SMILES string of the molecule is CCNC(c1cn(C)nc1CC)C(C)CCOC. The molecule has 0 amide bonds. The number of aryl methyl sites for hydroxylation is 2. The van der Waals surface area contributed by atoms with Gasteiger partial charge in [-0.3, -0.25) is 4.68 Å². The number of hydrogen-bond acceptors (Lipinski definition) is 3. The minimum atomic E-state index is 0.369. The van der Waals surface area contributed by atoms with Crippen LogP contribution in [0.5, 0.6) is 0 Å². The van der Waals surface area contributed by atoms with Gasteiger partial charge < -0.3 is 10.1 Å². The Morgan fingerprint density at radius 2 is 2.17 bits per heavy atom. The molecule has 0 aromatic carbocycles. The molecule has 0 saturated carbocycles. The number of methoxy groups -OCH3 is 1. The Hall–Kier alpha value is -0.870. The Kier molecular flexibility index (Phi) is 6.36. The maximum Gasteiger partial charge on any atom is 0.0669 e. The lowest BCUT2D eigenvalue weighted by molar-refractivity contribution is 0.170. The van der Waals surface area contributed by atoms with Crippen LogP contribution in [0.3, 0.4) is 0 Å². The van der Waals surface area contributed by atoms with Crippen LogP contribution >= 0.6 is 0 Å². The van der Waals surface area contributed by atoms with Crippen LogP contribution in [-0.2, 0) is 18.2 Å². The molecule has 0 fully saturated rings. The maximum atomic E-state index is 5.19. The molecule has 0 saturated heterocycles. The summed E-state index contributed by atoms with van der Waals surface area (Å²) in [6.45, 7) is 8.37. The number of hydrogen-bond donors (Lipinski definition) is 1. The molecule has 1 aromatic heterocycles.